The van der Waals surface area contributed by atoms with Crippen LogP contribution in [0.3, 0.4) is 0 Å². The van der Waals surface area contributed by atoms with Gasteiger partial charge in [0.1, 0.15) is 0 Å². The van der Waals surface area contributed by atoms with E-state index in [-0.39, 0.29) is 0 Å². The molecule has 0 aliphatic heterocycles. The SMILES string of the molecule is C[Si](C)(C)c1ccc(-c2cc(N(c3cc(-c4ccc([Si](C)(C)C)cn4)cc(-n4c5ccccc5c5ccccc54)c3)c3ccccc3-c3ccccc3)cc(-n3c4ccccc4c4ccccc43)c2)nc1. The lowest BCUT2D eigenvalue weighted by atomic mass is 10.00. The van der Waals surface area contributed by atoms with Crippen LogP contribution in [0.15, 0.2) is 225 Å². The molecule has 0 saturated carbocycles. The Hall–Kier alpha value is -8.11. The number of benzene rings is 8. The lowest BCUT2D eigenvalue weighted by molar-refractivity contribution is 1.16. The van der Waals surface area contributed by atoms with Crippen molar-refractivity contribution in [1.82, 2.24) is 19.1 Å². The zero-order valence-corrected chi connectivity index (χ0v) is 43.1. The van der Waals surface area contributed by atoms with E-state index in [0.29, 0.717) is 0 Å². The van der Waals surface area contributed by atoms with Crippen molar-refractivity contribution in [3.63, 3.8) is 0 Å². The second kappa shape index (κ2) is 17.4. The van der Waals surface area contributed by atoms with E-state index < -0.39 is 16.1 Å². The summed E-state index contributed by atoms with van der Waals surface area (Å²) in [6.07, 6.45) is 4.22. The van der Waals surface area contributed by atoms with Crippen LogP contribution in [0.5, 0.6) is 0 Å². The molecule has 4 heterocycles. The Labute approximate surface area is 418 Å². The van der Waals surface area contributed by atoms with Crippen molar-refractivity contribution in [2.24, 2.45) is 0 Å². The van der Waals surface area contributed by atoms with Gasteiger partial charge < -0.3 is 14.0 Å². The molecule has 0 saturated heterocycles. The Kier molecular flexibility index (Phi) is 10.8. The van der Waals surface area contributed by atoms with Crippen LogP contribution in [0.1, 0.15) is 0 Å². The molecule has 0 aliphatic carbocycles. The van der Waals surface area contributed by atoms with Gasteiger partial charge in [0.25, 0.3) is 0 Å². The Balaban J connectivity index is 1.19. The standard InChI is InChI=1S/C64H55N5Si2/c1-70(2,3)51-32-34-58(65-42-51)45-36-47(40-49(38-45)68-61-28-16-11-23-54(61)55-24-12-17-29-62(55)68)67(60-27-15-10-22-53(60)44-20-8-7-9-21-44)48-37-46(59-35-33-52(43-66-59)71(4,5)6)39-50(41-48)69-63-30-18-13-25-56(63)57-26-14-19-31-64(57)69/h7-43H,1-6H3. The second-order valence-corrected chi connectivity index (χ2v) is 31.0. The van der Waals surface area contributed by atoms with Gasteiger partial charge in [0.05, 0.1) is 55.3 Å². The summed E-state index contributed by atoms with van der Waals surface area (Å²) in [5.41, 5.74) is 16.0. The molecule has 0 amide bonds. The maximum absolute atomic E-state index is 5.26. The van der Waals surface area contributed by atoms with Crippen molar-refractivity contribution >= 4 is 87.2 Å². The third-order valence-electron chi connectivity index (χ3n) is 14.1. The molecule has 0 atom stereocenters. The molecule has 0 N–H and O–H groups in total. The summed E-state index contributed by atoms with van der Waals surface area (Å²) in [6, 6.07) is 77.8. The fourth-order valence-corrected chi connectivity index (χ4v) is 12.4. The van der Waals surface area contributed by atoms with Crippen LogP contribution in [0.4, 0.5) is 17.1 Å². The van der Waals surface area contributed by atoms with Gasteiger partial charge in [-0.3, -0.25) is 9.97 Å². The Morgan fingerprint density at radius 1 is 0.352 bits per heavy atom. The third kappa shape index (κ3) is 7.97. The first-order chi connectivity index (χ1) is 34.5. The van der Waals surface area contributed by atoms with Crippen LogP contribution in [0, 0.1) is 0 Å². The van der Waals surface area contributed by atoms with Crippen molar-refractivity contribution in [1.29, 1.82) is 0 Å². The molecule has 8 aromatic carbocycles. The first-order valence-electron chi connectivity index (χ1n) is 24.6. The van der Waals surface area contributed by atoms with E-state index >= 15 is 0 Å². The van der Waals surface area contributed by atoms with Gasteiger partial charge in [0, 0.05) is 73.4 Å². The van der Waals surface area contributed by atoms with Crippen LogP contribution in [0.25, 0.3) is 88.6 Å². The highest BCUT2D eigenvalue weighted by atomic mass is 28.3. The molecule has 5 nitrogen and oxygen atoms in total. The molecule has 0 aliphatic rings. The number of fused-ring (bicyclic) bond motifs is 6. The van der Waals surface area contributed by atoms with Crippen LogP contribution in [0.2, 0.25) is 39.3 Å². The zero-order chi connectivity index (χ0) is 48.4. The lowest BCUT2D eigenvalue weighted by Crippen LogP contribution is -2.37. The van der Waals surface area contributed by atoms with Gasteiger partial charge in [-0.2, -0.15) is 0 Å². The minimum Gasteiger partial charge on any atom is -0.310 e. The second-order valence-electron chi connectivity index (χ2n) is 20.8. The van der Waals surface area contributed by atoms with Gasteiger partial charge in [0.2, 0.25) is 0 Å². The highest BCUT2D eigenvalue weighted by Crippen LogP contribution is 2.46. The lowest BCUT2D eigenvalue weighted by Gasteiger charge is -2.30. The molecule has 0 radical (unpaired) electrons. The molecule has 0 spiro atoms. The van der Waals surface area contributed by atoms with E-state index in [0.717, 1.165) is 84.1 Å². The van der Waals surface area contributed by atoms with Crippen LogP contribution in [-0.2, 0) is 0 Å². The van der Waals surface area contributed by atoms with Crippen molar-refractivity contribution in [3.8, 4) is 45.0 Å². The average Bonchev–Trinajstić information content (AvgIpc) is 3.92. The largest absolute Gasteiger partial charge is 0.310 e. The smallest absolute Gasteiger partial charge is 0.0796 e. The fraction of sp³-hybridized carbons (Fsp3) is 0.0938. The van der Waals surface area contributed by atoms with E-state index in [4.69, 9.17) is 9.97 Å². The number of aromatic nitrogens is 4. The molecule has 0 bridgehead atoms. The van der Waals surface area contributed by atoms with E-state index in [1.165, 1.54) is 31.9 Å². The van der Waals surface area contributed by atoms with Crippen LogP contribution in [-0.4, -0.2) is 35.2 Å². The molecule has 7 heteroatoms. The highest BCUT2D eigenvalue weighted by Gasteiger charge is 2.25. The van der Waals surface area contributed by atoms with Gasteiger partial charge >= 0.3 is 0 Å². The molecule has 0 unspecified atom stereocenters. The molecule has 12 aromatic rings. The fourth-order valence-electron chi connectivity index (χ4n) is 10.4. The summed E-state index contributed by atoms with van der Waals surface area (Å²) in [5.74, 6) is 0. The number of nitrogens with zero attached hydrogens (tertiary/aromatic N) is 5. The van der Waals surface area contributed by atoms with Gasteiger partial charge in [-0.05, 0) is 94.8 Å². The maximum atomic E-state index is 5.26. The Morgan fingerprint density at radius 2 is 0.732 bits per heavy atom. The minimum atomic E-state index is -1.62. The summed E-state index contributed by atoms with van der Waals surface area (Å²) in [7, 11) is -3.24. The van der Waals surface area contributed by atoms with Gasteiger partial charge in [-0.25, -0.2) is 0 Å². The molecule has 4 aromatic heterocycles. The van der Waals surface area contributed by atoms with Gasteiger partial charge in [-0.1, -0.05) is 173 Å². The summed E-state index contributed by atoms with van der Waals surface area (Å²) in [4.78, 5) is 13.0. The molecule has 71 heavy (non-hydrogen) atoms. The number of para-hydroxylation sites is 5. The average molecular weight is 950 g/mol. The van der Waals surface area contributed by atoms with E-state index in [2.05, 4.69) is 278 Å². The zero-order valence-electron chi connectivity index (χ0n) is 41.1. The Morgan fingerprint density at radius 3 is 1.13 bits per heavy atom. The molecule has 344 valence electrons. The number of rotatable bonds is 10. The minimum absolute atomic E-state index is 0.929. The maximum Gasteiger partial charge on any atom is 0.0796 e. The van der Waals surface area contributed by atoms with E-state index in [1.807, 2.05) is 0 Å². The van der Waals surface area contributed by atoms with Crippen molar-refractivity contribution in [2.75, 3.05) is 4.90 Å². The van der Waals surface area contributed by atoms with Crippen molar-refractivity contribution < 1.29 is 0 Å². The van der Waals surface area contributed by atoms with Gasteiger partial charge in [-0.15, -0.1) is 0 Å². The van der Waals surface area contributed by atoms with Crippen LogP contribution < -0.4 is 15.3 Å². The predicted octanol–water partition coefficient (Wildman–Crippen LogP) is 16.2. The first kappa shape index (κ1) is 44.1. The van der Waals surface area contributed by atoms with Crippen LogP contribution >= 0.6 is 0 Å². The summed E-state index contributed by atoms with van der Waals surface area (Å²) < 4.78 is 4.86. The molecular formula is C64H55N5Si2. The topological polar surface area (TPSA) is 38.9 Å². The quantitative estimate of drug-likeness (QED) is 0.128. The molecule has 12 rings (SSSR count). The highest BCUT2D eigenvalue weighted by molar-refractivity contribution is 6.89. The number of hydrogen-bond acceptors (Lipinski definition) is 3. The summed E-state index contributed by atoms with van der Waals surface area (Å²) in [6.45, 7) is 14.3. The number of pyridine rings is 2. The van der Waals surface area contributed by atoms with E-state index in [1.54, 1.807) is 0 Å². The normalized spacial score (nSPS) is 12.1. The van der Waals surface area contributed by atoms with Gasteiger partial charge in [0.15, 0.2) is 0 Å². The summed E-state index contributed by atoms with van der Waals surface area (Å²) in [5, 5.41) is 7.54. The summed E-state index contributed by atoms with van der Waals surface area (Å²) >= 11 is 0. The number of hydrogen-bond donors (Lipinski definition) is 0. The molecular weight excluding hydrogens is 895 g/mol. The number of anilines is 3. The first-order valence-corrected chi connectivity index (χ1v) is 31.6. The monoisotopic (exact) mass is 949 g/mol. The molecule has 0 fully saturated rings. The Bertz CT molecular complexity index is 3630. The van der Waals surface area contributed by atoms with Crippen molar-refractivity contribution in [3.05, 3.63) is 225 Å². The third-order valence-corrected chi connectivity index (χ3v) is 18.1. The van der Waals surface area contributed by atoms with Crippen molar-refractivity contribution in [2.45, 2.75) is 39.3 Å². The predicted molar refractivity (Wildman–Crippen MR) is 308 cm³/mol. The van der Waals surface area contributed by atoms with E-state index in [9.17, 15) is 0 Å².